The van der Waals surface area contributed by atoms with Crippen molar-refractivity contribution in [3.8, 4) is 11.5 Å². The van der Waals surface area contributed by atoms with E-state index in [9.17, 15) is 4.79 Å². The fourth-order valence-corrected chi connectivity index (χ4v) is 4.46. The van der Waals surface area contributed by atoms with Gasteiger partial charge < -0.3 is 9.47 Å². The van der Waals surface area contributed by atoms with Gasteiger partial charge in [-0.3, -0.25) is 14.7 Å². The lowest BCUT2D eigenvalue weighted by Crippen LogP contribution is -2.30. The number of anilines is 1. The number of nitrogens with zero attached hydrogens (tertiary/aromatic N) is 2. The molecule has 0 unspecified atom stereocenters. The number of rotatable bonds is 3. The van der Waals surface area contributed by atoms with Gasteiger partial charge in [0.15, 0.2) is 16.7 Å². The Morgan fingerprint density at radius 1 is 1.07 bits per heavy atom. The summed E-state index contributed by atoms with van der Waals surface area (Å²) in [5.74, 6) is 1.39. The molecule has 150 valence electrons. The molecular formula is C23H24N2O3S. The lowest BCUT2D eigenvalue weighted by molar-refractivity contribution is -0.113. The van der Waals surface area contributed by atoms with E-state index in [1.165, 1.54) is 17.3 Å². The van der Waals surface area contributed by atoms with Crippen LogP contribution in [0.2, 0.25) is 0 Å². The van der Waals surface area contributed by atoms with Crippen LogP contribution in [0.1, 0.15) is 30.5 Å². The molecule has 2 aromatic rings. The highest BCUT2D eigenvalue weighted by Gasteiger charge is 2.35. The molecule has 1 saturated heterocycles. The van der Waals surface area contributed by atoms with Gasteiger partial charge in [-0.25, -0.2) is 0 Å². The second kappa shape index (κ2) is 7.95. The molecule has 2 heterocycles. The van der Waals surface area contributed by atoms with E-state index < -0.39 is 0 Å². The zero-order valence-corrected chi connectivity index (χ0v) is 17.9. The second-order valence-electron chi connectivity index (χ2n) is 7.45. The molecule has 6 heteroatoms. The monoisotopic (exact) mass is 408 g/mol. The van der Waals surface area contributed by atoms with Gasteiger partial charge in [-0.1, -0.05) is 23.8 Å². The lowest BCUT2D eigenvalue weighted by atomic mass is 10.1. The Hall–Kier alpha value is -2.73. The minimum absolute atomic E-state index is 0.0590. The van der Waals surface area contributed by atoms with Crippen LogP contribution in [-0.2, 0) is 4.79 Å². The Labute approximate surface area is 175 Å². The summed E-state index contributed by atoms with van der Waals surface area (Å²) in [5, 5.41) is 0.709. The average Bonchev–Trinajstić information content (AvgIpc) is 2.96. The van der Waals surface area contributed by atoms with Crippen LogP contribution in [0.4, 0.5) is 5.69 Å². The average molecular weight is 409 g/mol. The van der Waals surface area contributed by atoms with E-state index in [1.807, 2.05) is 64.1 Å². The topological polar surface area (TPSA) is 51.1 Å². The van der Waals surface area contributed by atoms with Crippen LogP contribution in [0.15, 0.2) is 46.3 Å². The number of aliphatic imine (C=N–C) groups is 1. The summed E-state index contributed by atoms with van der Waals surface area (Å²) in [6.07, 6.45) is 1.89. The van der Waals surface area contributed by atoms with Crippen molar-refractivity contribution in [1.29, 1.82) is 0 Å². The first kappa shape index (κ1) is 19.6. The van der Waals surface area contributed by atoms with Gasteiger partial charge in [-0.15, -0.1) is 0 Å². The third kappa shape index (κ3) is 4.03. The Bertz CT molecular complexity index is 1030. The van der Waals surface area contributed by atoms with Crippen LogP contribution < -0.4 is 14.4 Å². The number of fused-ring (bicyclic) bond motifs is 1. The molecule has 0 radical (unpaired) electrons. The van der Waals surface area contributed by atoms with Crippen molar-refractivity contribution in [2.75, 3.05) is 18.1 Å². The molecule has 0 N–H and O–H groups in total. The largest absolute Gasteiger partial charge is 0.486 e. The standard InChI is InChI=1S/C23H24N2O3S/c1-14(2)24-23-25(18-7-5-15(3)11-16(18)4)22(26)21(29-23)13-17-6-8-19-20(12-17)28-10-9-27-19/h5-8,11-14H,9-10H2,1-4H3/b21-13-,24-23-. The molecule has 1 fully saturated rings. The van der Waals surface area contributed by atoms with Gasteiger partial charge in [0.05, 0.1) is 10.6 Å². The molecule has 5 nitrogen and oxygen atoms in total. The van der Waals surface area contributed by atoms with Crippen molar-refractivity contribution in [2.24, 2.45) is 4.99 Å². The van der Waals surface area contributed by atoms with Crippen molar-refractivity contribution >= 4 is 34.6 Å². The Kier molecular flexibility index (Phi) is 5.37. The van der Waals surface area contributed by atoms with E-state index in [-0.39, 0.29) is 11.9 Å². The number of carbonyl (C=O) groups excluding carboxylic acids is 1. The van der Waals surface area contributed by atoms with Crippen LogP contribution in [-0.4, -0.2) is 30.3 Å². The van der Waals surface area contributed by atoms with Crippen molar-refractivity contribution in [3.63, 3.8) is 0 Å². The summed E-state index contributed by atoms with van der Waals surface area (Å²) in [5.41, 5.74) is 3.99. The summed E-state index contributed by atoms with van der Waals surface area (Å²) in [6, 6.07) is 11.9. The molecule has 0 spiro atoms. The molecule has 0 aromatic heterocycles. The summed E-state index contributed by atoms with van der Waals surface area (Å²) in [7, 11) is 0. The number of hydrogen-bond acceptors (Lipinski definition) is 5. The molecule has 29 heavy (non-hydrogen) atoms. The first-order chi connectivity index (χ1) is 13.9. The summed E-state index contributed by atoms with van der Waals surface area (Å²) in [6.45, 7) is 9.19. The summed E-state index contributed by atoms with van der Waals surface area (Å²) >= 11 is 1.41. The predicted octanol–water partition coefficient (Wildman–Crippen LogP) is 4.96. The maximum Gasteiger partial charge on any atom is 0.271 e. The SMILES string of the molecule is Cc1ccc(N2C(=O)/C(=C/c3ccc4c(c3)OCCO4)S/C2=N\C(C)C)c(C)c1. The third-order valence-electron chi connectivity index (χ3n) is 4.63. The summed E-state index contributed by atoms with van der Waals surface area (Å²) < 4.78 is 11.2. The van der Waals surface area contributed by atoms with Gasteiger partial charge in [0.1, 0.15) is 13.2 Å². The normalized spacial score (nSPS) is 18.9. The number of thioether (sulfide) groups is 1. The van der Waals surface area contributed by atoms with Crippen LogP contribution in [0.3, 0.4) is 0 Å². The minimum Gasteiger partial charge on any atom is -0.486 e. The van der Waals surface area contributed by atoms with E-state index in [1.54, 1.807) is 4.90 Å². The second-order valence-corrected chi connectivity index (χ2v) is 8.46. The molecule has 0 saturated carbocycles. The predicted molar refractivity (Wildman–Crippen MR) is 119 cm³/mol. The number of ether oxygens (including phenoxy) is 2. The van der Waals surface area contributed by atoms with Crippen LogP contribution in [0.25, 0.3) is 6.08 Å². The van der Waals surface area contributed by atoms with Crippen molar-refractivity contribution in [2.45, 2.75) is 33.7 Å². The van der Waals surface area contributed by atoms with E-state index in [2.05, 4.69) is 6.07 Å². The molecule has 0 aliphatic carbocycles. The molecule has 2 aliphatic heterocycles. The maximum atomic E-state index is 13.3. The van der Waals surface area contributed by atoms with E-state index >= 15 is 0 Å². The quantitative estimate of drug-likeness (QED) is 0.674. The summed E-state index contributed by atoms with van der Waals surface area (Å²) in [4.78, 5) is 20.4. The highest BCUT2D eigenvalue weighted by Crippen LogP contribution is 2.39. The van der Waals surface area contributed by atoms with Crippen LogP contribution in [0, 0.1) is 13.8 Å². The number of carbonyl (C=O) groups is 1. The Morgan fingerprint density at radius 3 is 2.55 bits per heavy atom. The number of hydrogen-bond donors (Lipinski definition) is 0. The Balaban J connectivity index is 1.72. The van der Waals surface area contributed by atoms with Gasteiger partial charge in [0.2, 0.25) is 0 Å². The molecule has 1 amide bonds. The molecule has 2 aliphatic rings. The lowest BCUT2D eigenvalue weighted by Gasteiger charge is -2.19. The van der Waals surface area contributed by atoms with Crippen LogP contribution >= 0.6 is 11.8 Å². The first-order valence-corrected chi connectivity index (χ1v) is 10.5. The van der Waals surface area contributed by atoms with Crippen molar-refractivity contribution in [1.82, 2.24) is 0 Å². The zero-order chi connectivity index (χ0) is 20.5. The fourth-order valence-electron chi connectivity index (χ4n) is 3.35. The molecule has 0 atom stereocenters. The maximum absolute atomic E-state index is 13.3. The number of benzene rings is 2. The highest BCUT2D eigenvalue weighted by molar-refractivity contribution is 8.19. The zero-order valence-electron chi connectivity index (χ0n) is 17.1. The minimum atomic E-state index is -0.0590. The fraction of sp³-hybridized carbons (Fsp3) is 0.304. The smallest absolute Gasteiger partial charge is 0.271 e. The number of amidine groups is 1. The van der Waals surface area contributed by atoms with E-state index in [4.69, 9.17) is 14.5 Å². The third-order valence-corrected chi connectivity index (χ3v) is 5.62. The van der Waals surface area contributed by atoms with E-state index in [0.29, 0.717) is 29.0 Å². The molecular weight excluding hydrogens is 384 g/mol. The van der Waals surface area contributed by atoms with Crippen LogP contribution in [0.5, 0.6) is 11.5 Å². The number of amides is 1. The van der Waals surface area contributed by atoms with E-state index in [0.717, 1.165) is 22.6 Å². The van der Waals surface area contributed by atoms with Gasteiger partial charge in [-0.2, -0.15) is 0 Å². The van der Waals surface area contributed by atoms with Gasteiger partial charge >= 0.3 is 0 Å². The van der Waals surface area contributed by atoms with Gasteiger partial charge in [0.25, 0.3) is 5.91 Å². The van der Waals surface area contributed by atoms with Crippen molar-refractivity contribution in [3.05, 3.63) is 58.0 Å². The van der Waals surface area contributed by atoms with Gasteiger partial charge in [0, 0.05) is 6.04 Å². The molecule has 4 rings (SSSR count). The number of aryl methyl sites for hydroxylation is 2. The first-order valence-electron chi connectivity index (χ1n) is 9.71. The highest BCUT2D eigenvalue weighted by atomic mass is 32.2. The molecule has 0 bridgehead atoms. The van der Waals surface area contributed by atoms with Crippen molar-refractivity contribution < 1.29 is 14.3 Å². The Morgan fingerprint density at radius 2 is 1.83 bits per heavy atom. The molecule has 2 aromatic carbocycles. The van der Waals surface area contributed by atoms with Gasteiger partial charge in [-0.05, 0) is 74.9 Å².